The predicted octanol–water partition coefficient (Wildman–Crippen LogP) is 3.29. The highest BCUT2D eigenvalue weighted by atomic mass is 19.1. The van der Waals surface area contributed by atoms with Gasteiger partial charge in [-0.15, -0.1) is 0 Å². The minimum Gasteiger partial charge on any atom is -0.366 e. The van der Waals surface area contributed by atoms with Crippen molar-refractivity contribution in [1.82, 2.24) is 4.90 Å². The third-order valence-corrected chi connectivity index (χ3v) is 3.67. The fraction of sp³-hybridized carbons (Fsp3) is 0.600. The van der Waals surface area contributed by atoms with Crippen LogP contribution in [0, 0.1) is 15.9 Å². The van der Waals surface area contributed by atoms with Crippen LogP contribution >= 0.6 is 0 Å². The Hall–Kier alpha value is -1.69. The number of nitro groups is 1. The van der Waals surface area contributed by atoms with E-state index in [1.54, 1.807) is 6.07 Å². The van der Waals surface area contributed by atoms with Gasteiger partial charge in [0, 0.05) is 13.1 Å². The highest BCUT2D eigenvalue weighted by Crippen LogP contribution is 2.30. The van der Waals surface area contributed by atoms with Gasteiger partial charge in [-0.25, -0.2) is 0 Å². The van der Waals surface area contributed by atoms with Crippen LogP contribution in [0.15, 0.2) is 18.2 Å². The average molecular weight is 297 g/mol. The highest BCUT2D eigenvalue weighted by Gasteiger charge is 2.23. The van der Waals surface area contributed by atoms with Crippen LogP contribution < -0.4 is 4.90 Å². The van der Waals surface area contributed by atoms with E-state index < -0.39 is 16.4 Å². The topological polar surface area (TPSA) is 49.6 Å². The molecule has 0 heterocycles. The van der Waals surface area contributed by atoms with E-state index in [9.17, 15) is 14.5 Å². The third-order valence-electron chi connectivity index (χ3n) is 3.67. The minimum absolute atomic E-state index is 0.363. The summed E-state index contributed by atoms with van der Waals surface area (Å²) in [6.07, 6.45) is 0.892. The smallest absolute Gasteiger partial charge is 0.327 e. The van der Waals surface area contributed by atoms with Gasteiger partial charge in [0.05, 0.1) is 4.92 Å². The predicted molar refractivity (Wildman–Crippen MR) is 83.3 cm³/mol. The average Bonchev–Trinajstić information content (AvgIpc) is 2.47. The van der Waals surface area contributed by atoms with E-state index in [4.69, 9.17) is 0 Å². The molecule has 0 unspecified atom stereocenters. The summed E-state index contributed by atoms with van der Waals surface area (Å²) in [4.78, 5) is 14.6. The van der Waals surface area contributed by atoms with Crippen molar-refractivity contribution in [2.45, 2.75) is 27.2 Å². The summed E-state index contributed by atoms with van der Waals surface area (Å²) in [7, 11) is 0. The molecule has 0 atom stereocenters. The molecular weight excluding hydrogens is 273 g/mol. The SMILES string of the molecule is CCN(CC)CCCN(CC)c1cccc(F)c1[N+](=O)[O-]. The van der Waals surface area contributed by atoms with Crippen LogP contribution in [0.5, 0.6) is 0 Å². The summed E-state index contributed by atoms with van der Waals surface area (Å²) in [5, 5.41) is 11.1. The number of halogens is 1. The Morgan fingerprint density at radius 1 is 1.14 bits per heavy atom. The van der Waals surface area contributed by atoms with E-state index >= 15 is 0 Å². The van der Waals surface area contributed by atoms with Crippen molar-refractivity contribution < 1.29 is 9.31 Å². The second-order valence-corrected chi connectivity index (χ2v) is 4.82. The first-order chi connectivity index (χ1) is 10.0. The lowest BCUT2D eigenvalue weighted by Crippen LogP contribution is -2.30. The first-order valence-corrected chi connectivity index (χ1v) is 7.45. The molecule has 0 saturated heterocycles. The molecular formula is C15H24FN3O2. The Morgan fingerprint density at radius 2 is 1.81 bits per heavy atom. The molecule has 5 nitrogen and oxygen atoms in total. The normalized spacial score (nSPS) is 10.9. The first-order valence-electron chi connectivity index (χ1n) is 7.45. The summed E-state index contributed by atoms with van der Waals surface area (Å²) >= 11 is 0. The molecule has 0 bridgehead atoms. The van der Waals surface area contributed by atoms with E-state index in [2.05, 4.69) is 18.7 Å². The van der Waals surface area contributed by atoms with Crippen LogP contribution in [-0.4, -0.2) is 42.5 Å². The second kappa shape index (κ2) is 8.56. The zero-order valence-electron chi connectivity index (χ0n) is 13.0. The van der Waals surface area contributed by atoms with Gasteiger partial charge in [-0.05, 0) is 45.1 Å². The van der Waals surface area contributed by atoms with Crippen LogP contribution in [0.4, 0.5) is 15.8 Å². The number of hydrogen-bond acceptors (Lipinski definition) is 4. The first kappa shape index (κ1) is 17.4. The summed E-state index contributed by atoms with van der Waals surface area (Å²) < 4.78 is 13.7. The van der Waals surface area contributed by atoms with Gasteiger partial charge < -0.3 is 9.80 Å². The maximum absolute atomic E-state index is 13.7. The lowest BCUT2D eigenvalue weighted by molar-refractivity contribution is -0.386. The number of para-hydroxylation sites is 1. The molecule has 0 aliphatic carbocycles. The third kappa shape index (κ3) is 4.67. The zero-order valence-corrected chi connectivity index (χ0v) is 13.0. The van der Waals surface area contributed by atoms with Crippen LogP contribution in [0.3, 0.4) is 0 Å². The summed E-state index contributed by atoms with van der Waals surface area (Å²) in [5.41, 5.74) is -0.0655. The van der Waals surface area contributed by atoms with E-state index in [1.807, 2.05) is 11.8 Å². The van der Waals surface area contributed by atoms with Crippen molar-refractivity contribution in [1.29, 1.82) is 0 Å². The van der Waals surface area contributed by atoms with Gasteiger partial charge in [0.25, 0.3) is 0 Å². The van der Waals surface area contributed by atoms with Crippen molar-refractivity contribution in [2.75, 3.05) is 37.6 Å². The monoisotopic (exact) mass is 297 g/mol. The number of nitrogens with zero attached hydrogens (tertiary/aromatic N) is 3. The van der Waals surface area contributed by atoms with Crippen LogP contribution in [0.2, 0.25) is 0 Å². The Balaban J connectivity index is 2.81. The molecule has 0 N–H and O–H groups in total. The molecule has 0 spiro atoms. The second-order valence-electron chi connectivity index (χ2n) is 4.82. The lowest BCUT2D eigenvalue weighted by atomic mass is 10.2. The van der Waals surface area contributed by atoms with Crippen LogP contribution in [-0.2, 0) is 0 Å². The van der Waals surface area contributed by atoms with Crippen molar-refractivity contribution in [3.05, 3.63) is 34.1 Å². The van der Waals surface area contributed by atoms with Crippen molar-refractivity contribution in [3.8, 4) is 0 Å². The molecule has 0 aliphatic heterocycles. The molecule has 118 valence electrons. The molecule has 6 heteroatoms. The van der Waals surface area contributed by atoms with Gasteiger partial charge in [-0.3, -0.25) is 10.1 Å². The summed E-state index contributed by atoms with van der Waals surface area (Å²) in [6, 6.07) is 4.26. The Labute approximate surface area is 125 Å². The molecule has 0 amide bonds. The summed E-state index contributed by atoms with van der Waals surface area (Å²) in [5.74, 6) is -0.778. The van der Waals surface area contributed by atoms with Crippen molar-refractivity contribution in [3.63, 3.8) is 0 Å². The van der Waals surface area contributed by atoms with Crippen molar-refractivity contribution in [2.24, 2.45) is 0 Å². The molecule has 21 heavy (non-hydrogen) atoms. The zero-order chi connectivity index (χ0) is 15.8. The minimum atomic E-state index is -0.778. The van der Waals surface area contributed by atoms with Gasteiger partial charge in [-0.1, -0.05) is 19.9 Å². The van der Waals surface area contributed by atoms with Crippen molar-refractivity contribution >= 4 is 11.4 Å². The maximum Gasteiger partial charge on any atom is 0.327 e. The Kier molecular flexibility index (Phi) is 7.08. The molecule has 0 aromatic heterocycles. The fourth-order valence-corrected chi connectivity index (χ4v) is 2.41. The van der Waals surface area contributed by atoms with E-state index in [0.29, 0.717) is 18.8 Å². The summed E-state index contributed by atoms with van der Waals surface area (Å²) in [6.45, 7) is 10.3. The quantitative estimate of drug-likeness (QED) is 0.518. The number of hydrogen-bond donors (Lipinski definition) is 0. The lowest BCUT2D eigenvalue weighted by Gasteiger charge is -2.25. The number of nitro benzene ring substituents is 1. The number of benzene rings is 1. The van der Waals surface area contributed by atoms with Gasteiger partial charge in [-0.2, -0.15) is 4.39 Å². The maximum atomic E-state index is 13.7. The van der Waals surface area contributed by atoms with Gasteiger partial charge >= 0.3 is 5.69 Å². The Morgan fingerprint density at radius 3 is 2.33 bits per heavy atom. The van der Waals surface area contributed by atoms with E-state index in [1.165, 1.54) is 6.07 Å². The molecule has 0 fully saturated rings. The molecule has 0 aliphatic rings. The van der Waals surface area contributed by atoms with Gasteiger partial charge in [0.2, 0.25) is 5.82 Å². The molecule has 1 aromatic carbocycles. The highest BCUT2D eigenvalue weighted by molar-refractivity contribution is 5.63. The Bertz CT molecular complexity index is 464. The van der Waals surface area contributed by atoms with Gasteiger partial charge in [0.1, 0.15) is 5.69 Å². The van der Waals surface area contributed by atoms with E-state index in [0.717, 1.165) is 32.1 Å². The van der Waals surface area contributed by atoms with Crippen LogP contribution in [0.25, 0.3) is 0 Å². The van der Waals surface area contributed by atoms with Crippen LogP contribution in [0.1, 0.15) is 27.2 Å². The largest absolute Gasteiger partial charge is 0.366 e. The molecule has 1 rings (SSSR count). The van der Waals surface area contributed by atoms with E-state index in [-0.39, 0.29) is 0 Å². The standard InChI is InChI=1S/C15H24FN3O2/c1-4-17(5-2)11-8-12-18(6-3)14-10-7-9-13(16)15(14)19(20)21/h7,9-10H,4-6,8,11-12H2,1-3H3. The number of rotatable bonds is 9. The molecule has 1 aromatic rings. The number of anilines is 1. The fourth-order valence-electron chi connectivity index (χ4n) is 2.41. The van der Waals surface area contributed by atoms with Gasteiger partial charge in [0.15, 0.2) is 0 Å². The molecule has 0 saturated carbocycles. The molecule has 0 radical (unpaired) electrons.